The van der Waals surface area contributed by atoms with Gasteiger partial charge in [0.05, 0.1) is 6.61 Å². The third kappa shape index (κ3) is 5.64. The van der Waals surface area contributed by atoms with Crippen molar-refractivity contribution in [3.05, 3.63) is 59.7 Å². The Labute approximate surface area is 186 Å². The number of rotatable bonds is 10. The number of carboxylic acid groups (broad SMARTS) is 1. The maximum absolute atomic E-state index is 12.2. The Morgan fingerprint density at radius 1 is 1.03 bits per heavy atom. The number of benzene rings is 2. The highest BCUT2D eigenvalue weighted by atomic mass is 16.5. The standard InChI is InChI=1S/C24H28N2O6/c1-15(12-22(28)26-21(13-27)23(29)30)10-11-25-24(31)32-14-20-18-8-4-2-6-16(18)17-7-3-5-9-19(17)20/h2-9,15,20-21,27H,10-14H2,1H3,(H,25,31)(H,26,28)(H,29,30). The van der Waals surface area contributed by atoms with Gasteiger partial charge in [0.1, 0.15) is 12.6 Å². The molecule has 0 radical (unpaired) electrons. The van der Waals surface area contributed by atoms with Crippen molar-refractivity contribution in [1.82, 2.24) is 10.6 Å². The van der Waals surface area contributed by atoms with E-state index in [0.29, 0.717) is 13.0 Å². The fraction of sp³-hybridized carbons (Fsp3) is 0.375. The highest BCUT2D eigenvalue weighted by Gasteiger charge is 2.29. The van der Waals surface area contributed by atoms with Gasteiger partial charge in [0.2, 0.25) is 5.91 Å². The van der Waals surface area contributed by atoms with Gasteiger partial charge in [-0.3, -0.25) is 4.79 Å². The minimum absolute atomic E-state index is 0.00975. The van der Waals surface area contributed by atoms with Gasteiger partial charge < -0.3 is 25.6 Å². The number of carboxylic acids is 1. The number of amides is 2. The maximum atomic E-state index is 12.2. The van der Waals surface area contributed by atoms with Crippen LogP contribution < -0.4 is 10.6 Å². The van der Waals surface area contributed by atoms with E-state index in [2.05, 4.69) is 34.9 Å². The quantitative estimate of drug-likeness (QED) is 0.450. The van der Waals surface area contributed by atoms with Crippen LogP contribution in [-0.2, 0) is 14.3 Å². The number of hydrogen-bond donors (Lipinski definition) is 4. The number of aliphatic hydroxyl groups is 1. The Morgan fingerprint density at radius 3 is 2.19 bits per heavy atom. The molecule has 1 aliphatic rings. The van der Waals surface area contributed by atoms with Crippen LogP contribution >= 0.6 is 0 Å². The first-order valence-corrected chi connectivity index (χ1v) is 10.6. The molecule has 2 atom stereocenters. The molecule has 0 aromatic heterocycles. The number of nitrogens with one attached hydrogen (secondary N) is 2. The number of carbonyl (C=O) groups is 3. The molecule has 2 aromatic carbocycles. The van der Waals surface area contributed by atoms with E-state index >= 15 is 0 Å². The summed E-state index contributed by atoms with van der Waals surface area (Å²) < 4.78 is 5.47. The fourth-order valence-electron chi connectivity index (χ4n) is 3.93. The number of carbonyl (C=O) groups excluding carboxylic acids is 2. The van der Waals surface area contributed by atoms with Gasteiger partial charge in [0.15, 0.2) is 0 Å². The summed E-state index contributed by atoms with van der Waals surface area (Å²) in [4.78, 5) is 34.9. The molecular formula is C24H28N2O6. The molecule has 0 aliphatic heterocycles. The van der Waals surface area contributed by atoms with Gasteiger partial charge in [0, 0.05) is 18.9 Å². The topological polar surface area (TPSA) is 125 Å². The maximum Gasteiger partial charge on any atom is 0.407 e. The number of hydrogen-bond acceptors (Lipinski definition) is 5. The van der Waals surface area contributed by atoms with E-state index in [1.165, 1.54) is 0 Å². The predicted molar refractivity (Wildman–Crippen MR) is 118 cm³/mol. The third-order valence-corrected chi connectivity index (χ3v) is 5.60. The minimum atomic E-state index is -1.31. The van der Waals surface area contributed by atoms with Crippen LogP contribution in [-0.4, -0.2) is 54.0 Å². The fourth-order valence-corrected chi connectivity index (χ4v) is 3.93. The van der Waals surface area contributed by atoms with Gasteiger partial charge in [-0.05, 0) is 34.6 Å². The van der Waals surface area contributed by atoms with Crippen LogP contribution in [0, 0.1) is 5.92 Å². The van der Waals surface area contributed by atoms with Crippen molar-refractivity contribution in [3.8, 4) is 11.1 Å². The van der Waals surface area contributed by atoms with Crippen LogP contribution in [0.5, 0.6) is 0 Å². The molecule has 8 heteroatoms. The number of fused-ring (bicyclic) bond motifs is 3. The smallest absolute Gasteiger partial charge is 0.407 e. The molecule has 0 saturated heterocycles. The highest BCUT2D eigenvalue weighted by Crippen LogP contribution is 2.44. The summed E-state index contributed by atoms with van der Waals surface area (Å²) in [7, 11) is 0. The summed E-state index contributed by atoms with van der Waals surface area (Å²) in [5.74, 6) is -1.84. The van der Waals surface area contributed by atoms with Crippen molar-refractivity contribution < 1.29 is 29.3 Å². The molecule has 0 spiro atoms. The molecule has 0 heterocycles. The Bertz CT molecular complexity index is 931. The van der Waals surface area contributed by atoms with Crippen molar-refractivity contribution in [1.29, 1.82) is 0 Å². The number of ether oxygens (including phenoxy) is 1. The highest BCUT2D eigenvalue weighted by molar-refractivity contribution is 5.83. The number of alkyl carbamates (subject to hydrolysis) is 1. The van der Waals surface area contributed by atoms with E-state index in [1.807, 2.05) is 31.2 Å². The monoisotopic (exact) mass is 440 g/mol. The molecule has 32 heavy (non-hydrogen) atoms. The first-order valence-electron chi connectivity index (χ1n) is 10.6. The summed E-state index contributed by atoms with van der Waals surface area (Å²) in [6.45, 7) is 1.72. The van der Waals surface area contributed by atoms with Crippen LogP contribution in [0.25, 0.3) is 11.1 Å². The molecule has 0 bridgehead atoms. The van der Waals surface area contributed by atoms with Gasteiger partial charge in [-0.2, -0.15) is 0 Å². The van der Waals surface area contributed by atoms with E-state index in [1.54, 1.807) is 0 Å². The molecular weight excluding hydrogens is 412 g/mol. The normalized spacial score (nSPS) is 14.1. The Morgan fingerprint density at radius 2 is 1.62 bits per heavy atom. The average molecular weight is 440 g/mol. The molecule has 8 nitrogen and oxygen atoms in total. The zero-order valence-electron chi connectivity index (χ0n) is 17.9. The van der Waals surface area contributed by atoms with Crippen molar-refractivity contribution in [3.63, 3.8) is 0 Å². The van der Waals surface area contributed by atoms with E-state index in [4.69, 9.17) is 14.9 Å². The van der Waals surface area contributed by atoms with Crippen molar-refractivity contribution in [2.24, 2.45) is 5.92 Å². The third-order valence-electron chi connectivity index (χ3n) is 5.60. The van der Waals surface area contributed by atoms with Crippen LogP contribution in [0.1, 0.15) is 36.8 Å². The summed E-state index contributed by atoms with van der Waals surface area (Å²) in [6.07, 6.45) is 0.0969. The van der Waals surface area contributed by atoms with Crippen molar-refractivity contribution in [2.75, 3.05) is 19.8 Å². The molecule has 0 fully saturated rings. The zero-order chi connectivity index (χ0) is 23.1. The van der Waals surface area contributed by atoms with Crippen LogP contribution in [0.4, 0.5) is 4.79 Å². The Balaban J connectivity index is 1.42. The minimum Gasteiger partial charge on any atom is -0.480 e. The second-order valence-electron chi connectivity index (χ2n) is 7.99. The van der Waals surface area contributed by atoms with Gasteiger partial charge in [-0.1, -0.05) is 55.5 Å². The molecule has 4 N–H and O–H groups in total. The first kappa shape index (κ1) is 23.3. The van der Waals surface area contributed by atoms with Crippen LogP contribution in [0.3, 0.4) is 0 Å². The molecule has 3 rings (SSSR count). The molecule has 2 aromatic rings. The van der Waals surface area contributed by atoms with E-state index in [9.17, 15) is 14.4 Å². The Hall–Kier alpha value is -3.39. The van der Waals surface area contributed by atoms with Crippen molar-refractivity contribution in [2.45, 2.75) is 31.7 Å². The summed E-state index contributed by atoms with van der Waals surface area (Å²) in [6, 6.07) is 14.9. The predicted octanol–water partition coefficient (Wildman–Crippen LogP) is 2.50. The van der Waals surface area contributed by atoms with E-state index in [-0.39, 0.29) is 24.9 Å². The second-order valence-corrected chi connectivity index (χ2v) is 7.99. The molecule has 0 saturated carbocycles. The number of aliphatic carboxylic acids is 1. The van der Waals surface area contributed by atoms with Crippen LogP contribution in [0.2, 0.25) is 0 Å². The zero-order valence-corrected chi connectivity index (χ0v) is 17.9. The number of aliphatic hydroxyl groups excluding tert-OH is 1. The second kappa shape index (κ2) is 10.8. The summed E-state index contributed by atoms with van der Waals surface area (Å²) in [5.41, 5.74) is 4.61. The molecule has 2 amide bonds. The molecule has 170 valence electrons. The van der Waals surface area contributed by atoms with E-state index in [0.717, 1.165) is 22.3 Å². The van der Waals surface area contributed by atoms with Gasteiger partial charge in [-0.15, -0.1) is 0 Å². The largest absolute Gasteiger partial charge is 0.480 e. The molecule has 2 unspecified atom stereocenters. The average Bonchev–Trinajstić information content (AvgIpc) is 3.09. The SMILES string of the molecule is CC(CCNC(=O)OCC1c2ccccc2-c2ccccc21)CC(=O)NC(CO)C(=O)O. The lowest BCUT2D eigenvalue weighted by Crippen LogP contribution is -2.43. The first-order chi connectivity index (χ1) is 15.4. The van der Waals surface area contributed by atoms with E-state index < -0.39 is 30.6 Å². The van der Waals surface area contributed by atoms with Gasteiger partial charge in [0.25, 0.3) is 0 Å². The lowest BCUT2D eigenvalue weighted by molar-refractivity contribution is -0.143. The summed E-state index contributed by atoms with van der Waals surface area (Å²) >= 11 is 0. The lowest BCUT2D eigenvalue weighted by atomic mass is 9.98. The lowest BCUT2D eigenvalue weighted by Gasteiger charge is -2.16. The molecule has 1 aliphatic carbocycles. The van der Waals surface area contributed by atoms with Gasteiger partial charge in [-0.25, -0.2) is 9.59 Å². The summed E-state index contributed by atoms with van der Waals surface area (Å²) in [5, 5.41) is 22.8. The Kier molecular flexibility index (Phi) is 7.83. The van der Waals surface area contributed by atoms with Gasteiger partial charge >= 0.3 is 12.1 Å². The van der Waals surface area contributed by atoms with Crippen molar-refractivity contribution >= 4 is 18.0 Å². The van der Waals surface area contributed by atoms with Crippen LogP contribution in [0.15, 0.2) is 48.5 Å².